The lowest BCUT2D eigenvalue weighted by molar-refractivity contribution is -0.148. The molecule has 0 bridgehead atoms. The van der Waals surface area contributed by atoms with Crippen molar-refractivity contribution in [2.24, 2.45) is 5.41 Å². The van der Waals surface area contributed by atoms with Crippen LogP contribution in [-0.2, 0) is 4.79 Å². The SMILES string of the molecule is CC(C)(COc1ccccc1I)C(=O)O. The van der Waals surface area contributed by atoms with E-state index in [9.17, 15) is 4.79 Å². The van der Waals surface area contributed by atoms with Gasteiger partial charge in [-0.2, -0.15) is 0 Å². The van der Waals surface area contributed by atoms with Crippen LogP contribution in [0.1, 0.15) is 13.8 Å². The molecule has 0 radical (unpaired) electrons. The van der Waals surface area contributed by atoms with Crippen molar-refractivity contribution in [2.45, 2.75) is 13.8 Å². The second-order valence-electron chi connectivity index (χ2n) is 3.91. The van der Waals surface area contributed by atoms with Gasteiger partial charge in [0.1, 0.15) is 12.4 Å². The van der Waals surface area contributed by atoms with Gasteiger partial charge < -0.3 is 9.84 Å². The number of rotatable bonds is 4. The predicted molar refractivity (Wildman–Crippen MR) is 66.1 cm³/mol. The molecular formula is C11H13IO3. The molecule has 1 N–H and O–H groups in total. The minimum atomic E-state index is -0.862. The number of carbonyl (C=O) groups is 1. The van der Waals surface area contributed by atoms with Gasteiger partial charge in [0.15, 0.2) is 0 Å². The van der Waals surface area contributed by atoms with Gasteiger partial charge in [0.2, 0.25) is 0 Å². The fourth-order valence-corrected chi connectivity index (χ4v) is 1.42. The molecule has 1 aromatic carbocycles. The van der Waals surface area contributed by atoms with Crippen LogP contribution in [0.15, 0.2) is 24.3 Å². The quantitative estimate of drug-likeness (QED) is 0.868. The topological polar surface area (TPSA) is 46.5 Å². The molecule has 0 heterocycles. The standard InChI is InChI=1S/C11H13IO3/c1-11(2,10(13)14)7-15-9-6-4-3-5-8(9)12/h3-6H,7H2,1-2H3,(H,13,14). The summed E-state index contributed by atoms with van der Waals surface area (Å²) in [6.07, 6.45) is 0. The van der Waals surface area contributed by atoms with E-state index in [1.54, 1.807) is 13.8 Å². The molecule has 3 nitrogen and oxygen atoms in total. The fourth-order valence-electron chi connectivity index (χ4n) is 0.882. The zero-order chi connectivity index (χ0) is 11.5. The predicted octanol–water partition coefficient (Wildman–Crippen LogP) is 2.78. The Kier molecular flexibility index (Phi) is 3.96. The van der Waals surface area contributed by atoms with Gasteiger partial charge in [-0.1, -0.05) is 12.1 Å². The molecule has 0 saturated heterocycles. The van der Waals surface area contributed by atoms with Crippen LogP contribution in [0.25, 0.3) is 0 Å². The number of carboxylic acids is 1. The highest BCUT2D eigenvalue weighted by molar-refractivity contribution is 14.1. The minimum absolute atomic E-state index is 0.169. The van der Waals surface area contributed by atoms with E-state index in [0.29, 0.717) is 0 Å². The average molecular weight is 320 g/mol. The molecule has 0 spiro atoms. The number of para-hydroxylation sites is 1. The van der Waals surface area contributed by atoms with Crippen LogP contribution in [0.5, 0.6) is 5.75 Å². The van der Waals surface area contributed by atoms with Crippen LogP contribution in [0.4, 0.5) is 0 Å². The van der Waals surface area contributed by atoms with Gasteiger partial charge in [-0.3, -0.25) is 4.79 Å². The van der Waals surface area contributed by atoms with Crippen molar-refractivity contribution in [1.82, 2.24) is 0 Å². The molecule has 4 heteroatoms. The lowest BCUT2D eigenvalue weighted by atomic mass is 9.95. The average Bonchev–Trinajstić information content (AvgIpc) is 2.16. The lowest BCUT2D eigenvalue weighted by Crippen LogP contribution is -2.30. The second kappa shape index (κ2) is 4.83. The molecule has 0 unspecified atom stereocenters. The molecule has 0 saturated carbocycles. The third-order valence-electron chi connectivity index (χ3n) is 2.00. The summed E-state index contributed by atoms with van der Waals surface area (Å²) >= 11 is 2.16. The summed E-state index contributed by atoms with van der Waals surface area (Å²) in [6, 6.07) is 7.53. The molecular weight excluding hydrogens is 307 g/mol. The molecule has 0 aromatic heterocycles. The number of halogens is 1. The summed E-state index contributed by atoms with van der Waals surface area (Å²) in [5.74, 6) is -0.124. The molecule has 1 rings (SSSR count). The maximum atomic E-state index is 10.8. The van der Waals surface area contributed by atoms with E-state index < -0.39 is 11.4 Å². The van der Waals surface area contributed by atoms with Gasteiger partial charge in [-0.05, 0) is 48.6 Å². The Morgan fingerprint density at radius 3 is 2.60 bits per heavy atom. The Hall–Kier alpha value is -0.780. The highest BCUT2D eigenvalue weighted by Crippen LogP contribution is 2.23. The Balaban J connectivity index is 2.66. The summed E-state index contributed by atoms with van der Waals surface area (Å²) in [6.45, 7) is 3.46. The van der Waals surface area contributed by atoms with Crippen molar-refractivity contribution in [3.05, 3.63) is 27.8 Å². The second-order valence-corrected chi connectivity index (χ2v) is 5.07. The van der Waals surface area contributed by atoms with Gasteiger partial charge in [0.25, 0.3) is 0 Å². The summed E-state index contributed by atoms with van der Waals surface area (Å²) in [5.41, 5.74) is -0.862. The number of ether oxygens (including phenoxy) is 1. The van der Waals surface area contributed by atoms with E-state index in [0.717, 1.165) is 9.32 Å². The minimum Gasteiger partial charge on any atom is -0.491 e. The van der Waals surface area contributed by atoms with Crippen molar-refractivity contribution >= 4 is 28.6 Å². The highest BCUT2D eigenvalue weighted by atomic mass is 127. The first-order valence-electron chi connectivity index (χ1n) is 4.54. The highest BCUT2D eigenvalue weighted by Gasteiger charge is 2.28. The maximum Gasteiger partial charge on any atom is 0.312 e. The first-order chi connectivity index (χ1) is 6.93. The van der Waals surface area contributed by atoms with Crippen molar-refractivity contribution < 1.29 is 14.6 Å². The number of aliphatic carboxylic acids is 1. The van der Waals surface area contributed by atoms with Crippen LogP contribution in [0.2, 0.25) is 0 Å². The molecule has 1 aromatic rings. The molecule has 0 aliphatic heterocycles. The zero-order valence-electron chi connectivity index (χ0n) is 8.66. The summed E-state index contributed by atoms with van der Waals surface area (Å²) in [5, 5.41) is 8.91. The van der Waals surface area contributed by atoms with Gasteiger partial charge in [0.05, 0.1) is 8.99 Å². The first-order valence-corrected chi connectivity index (χ1v) is 5.62. The monoisotopic (exact) mass is 320 g/mol. The molecule has 82 valence electrons. The van der Waals surface area contributed by atoms with Crippen molar-refractivity contribution in [3.63, 3.8) is 0 Å². The third kappa shape index (κ3) is 3.37. The largest absolute Gasteiger partial charge is 0.491 e. The molecule has 0 aliphatic rings. The van der Waals surface area contributed by atoms with Crippen LogP contribution < -0.4 is 4.74 Å². The zero-order valence-corrected chi connectivity index (χ0v) is 10.8. The van der Waals surface area contributed by atoms with Crippen molar-refractivity contribution in [1.29, 1.82) is 0 Å². The van der Waals surface area contributed by atoms with Gasteiger partial charge in [0, 0.05) is 0 Å². The first kappa shape index (κ1) is 12.3. The molecule has 0 fully saturated rings. The van der Waals surface area contributed by atoms with Crippen LogP contribution in [0.3, 0.4) is 0 Å². The van der Waals surface area contributed by atoms with E-state index in [4.69, 9.17) is 9.84 Å². The van der Waals surface area contributed by atoms with E-state index in [1.165, 1.54) is 0 Å². The number of hydrogen-bond donors (Lipinski definition) is 1. The Labute approximate surface area is 103 Å². The van der Waals surface area contributed by atoms with Gasteiger partial charge in [-0.25, -0.2) is 0 Å². The molecule has 0 atom stereocenters. The van der Waals surface area contributed by atoms with Crippen LogP contribution in [-0.4, -0.2) is 17.7 Å². The number of benzene rings is 1. The molecule has 15 heavy (non-hydrogen) atoms. The van der Waals surface area contributed by atoms with E-state index in [1.807, 2.05) is 24.3 Å². The molecule has 0 amide bonds. The van der Waals surface area contributed by atoms with Crippen LogP contribution >= 0.6 is 22.6 Å². The lowest BCUT2D eigenvalue weighted by Gasteiger charge is -2.19. The van der Waals surface area contributed by atoms with E-state index >= 15 is 0 Å². The van der Waals surface area contributed by atoms with Crippen molar-refractivity contribution in [2.75, 3.05) is 6.61 Å². The van der Waals surface area contributed by atoms with Crippen molar-refractivity contribution in [3.8, 4) is 5.75 Å². The number of carboxylic acid groups (broad SMARTS) is 1. The van der Waals surface area contributed by atoms with Crippen LogP contribution in [0, 0.1) is 8.99 Å². The van der Waals surface area contributed by atoms with E-state index in [-0.39, 0.29) is 6.61 Å². The van der Waals surface area contributed by atoms with E-state index in [2.05, 4.69) is 22.6 Å². The Morgan fingerprint density at radius 2 is 2.07 bits per heavy atom. The Bertz CT molecular complexity index is 361. The fraction of sp³-hybridized carbons (Fsp3) is 0.364. The third-order valence-corrected chi connectivity index (χ3v) is 2.90. The molecule has 0 aliphatic carbocycles. The summed E-state index contributed by atoms with van der Waals surface area (Å²) in [4.78, 5) is 10.8. The number of hydrogen-bond acceptors (Lipinski definition) is 2. The van der Waals surface area contributed by atoms with Gasteiger partial charge >= 0.3 is 5.97 Å². The van der Waals surface area contributed by atoms with Gasteiger partial charge in [-0.15, -0.1) is 0 Å². The Morgan fingerprint density at radius 1 is 1.47 bits per heavy atom. The smallest absolute Gasteiger partial charge is 0.312 e. The maximum absolute atomic E-state index is 10.8. The summed E-state index contributed by atoms with van der Waals surface area (Å²) in [7, 11) is 0. The summed E-state index contributed by atoms with van der Waals surface area (Å²) < 4.78 is 6.46. The normalized spacial score (nSPS) is 11.1.